The summed E-state index contributed by atoms with van der Waals surface area (Å²) in [7, 11) is -4.09. The molecule has 0 heterocycles. The predicted octanol–water partition coefficient (Wildman–Crippen LogP) is 1.88. The highest BCUT2D eigenvalue weighted by molar-refractivity contribution is 7.89. The molecule has 0 bridgehead atoms. The summed E-state index contributed by atoms with van der Waals surface area (Å²) in [5, 5.41) is 5.01. The topological polar surface area (TPSA) is 86.5 Å². The molecule has 0 amide bonds. The zero-order chi connectivity index (χ0) is 14.9. The maximum Gasteiger partial charge on any atom is 0.338 e. The lowest BCUT2D eigenvalue weighted by atomic mass is 10.1. The van der Waals surface area contributed by atoms with Crippen LogP contribution in [-0.4, -0.2) is 20.5 Å². The van der Waals surface area contributed by atoms with Crippen molar-refractivity contribution in [2.24, 2.45) is 5.14 Å². The van der Waals surface area contributed by atoms with Crippen LogP contribution in [-0.2, 0) is 14.8 Å². The van der Waals surface area contributed by atoms with Crippen molar-refractivity contribution in [3.8, 4) is 0 Å². The standard InChI is InChI=1S/C13H16FNO4S/c1-8-11(14)6-9(7-12(8)20(15,17)18)13(16)19-10-4-2-3-5-10/h6-7,10H,2-5H2,1H3,(H2,15,17,18). The molecular weight excluding hydrogens is 285 g/mol. The van der Waals surface area contributed by atoms with Crippen molar-refractivity contribution in [2.75, 3.05) is 0 Å². The van der Waals surface area contributed by atoms with Gasteiger partial charge in [-0.1, -0.05) is 0 Å². The molecule has 110 valence electrons. The molecule has 0 radical (unpaired) electrons. The van der Waals surface area contributed by atoms with E-state index in [1.165, 1.54) is 6.92 Å². The summed E-state index contributed by atoms with van der Waals surface area (Å²) >= 11 is 0. The number of benzene rings is 1. The van der Waals surface area contributed by atoms with Gasteiger partial charge in [0.15, 0.2) is 0 Å². The number of halogens is 1. The molecule has 0 atom stereocenters. The molecule has 1 saturated carbocycles. The van der Waals surface area contributed by atoms with E-state index < -0.39 is 26.7 Å². The Morgan fingerprint density at radius 1 is 1.35 bits per heavy atom. The van der Waals surface area contributed by atoms with E-state index in [1.54, 1.807) is 0 Å². The number of carbonyl (C=O) groups is 1. The van der Waals surface area contributed by atoms with Gasteiger partial charge < -0.3 is 4.74 Å². The third-order valence-electron chi connectivity index (χ3n) is 3.41. The fourth-order valence-electron chi connectivity index (χ4n) is 2.29. The molecule has 1 aromatic carbocycles. The van der Waals surface area contributed by atoms with Crippen molar-refractivity contribution in [1.82, 2.24) is 0 Å². The summed E-state index contributed by atoms with van der Waals surface area (Å²) in [6.07, 6.45) is 3.36. The Bertz CT molecular complexity index is 636. The molecule has 2 rings (SSSR count). The molecule has 0 spiro atoms. The maximum absolute atomic E-state index is 13.7. The lowest BCUT2D eigenvalue weighted by molar-refractivity contribution is 0.0317. The SMILES string of the molecule is Cc1c(F)cc(C(=O)OC2CCCC2)cc1S(N)(=O)=O. The number of nitrogens with two attached hydrogens (primary N) is 1. The minimum atomic E-state index is -4.09. The second-order valence-corrected chi connectivity index (χ2v) is 6.47. The fourth-order valence-corrected chi connectivity index (χ4v) is 3.11. The number of primary sulfonamides is 1. The van der Waals surface area contributed by atoms with Gasteiger partial charge >= 0.3 is 5.97 Å². The second-order valence-electron chi connectivity index (χ2n) is 4.94. The van der Waals surface area contributed by atoms with Gasteiger partial charge in [-0.2, -0.15) is 0 Å². The molecule has 1 aliphatic carbocycles. The van der Waals surface area contributed by atoms with E-state index >= 15 is 0 Å². The lowest BCUT2D eigenvalue weighted by Crippen LogP contribution is -2.18. The normalized spacial score (nSPS) is 16.4. The zero-order valence-electron chi connectivity index (χ0n) is 11.1. The molecular formula is C13H16FNO4S. The van der Waals surface area contributed by atoms with Crippen LogP contribution in [0.2, 0.25) is 0 Å². The average molecular weight is 301 g/mol. The molecule has 7 heteroatoms. The van der Waals surface area contributed by atoms with Gasteiger partial charge in [-0.15, -0.1) is 0 Å². The first-order valence-electron chi connectivity index (χ1n) is 6.33. The molecule has 0 unspecified atom stereocenters. The number of esters is 1. The van der Waals surface area contributed by atoms with Crippen molar-refractivity contribution in [3.05, 3.63) is 29.1 Å². The van der Waals surface area contributed by atoms with Gasteiger partial charge in [-0.3, -0.25) is 0 Å². The molecule has 0 aromatic heterocycles. The molecule has 0 aliphatic heterocycles. The molecule has 2 N–H and O–H groups in total. The summed E-state index contributed by atoms with van der Waals surface area (Å²) < 4.78 is 41.7. The highest BCUT2D eigenvalue weighted by Crippen LogP contribution is 2.24. The minimum Gasteiger partial charge on any atom is -0.459 e. The summed E-state index contributed by atoms with van der Waals surface area (Å²) in [5.74, 6) is -1.52. The minimum absolute atomic E-state index is 0.107. The second kappa shape index (κ2) is 5.49. The monoisotopic (exact) mass is 301 g/mol. The van der Waals surface area contributed by atoms with Crippen molar-refractivity contribution in [3.63, 3.8) is 0 Å². The van der Waals surface area contributed by atoms with Crippen LogP contribution in [0, 0.1) is 12.7 Å². The first-order chi connectivity index (χ1) is 9.29. The third-order valence-corrected chi connectivity index (χ3v) is 4.45. The van der Waals surface area contributed by atoms with Gasteiger partial charge in [0.05, 0.1) is 10.5 Å². The number of hydrogen-bond donors (Lipinski definition) is 1. The van der Waals surface area contributed by atoms with E-state index in [0.717, 1.165) is 37.8 Å². The van der Waals surface area contributed by atoms with Crippen LogP contribution in [0.1, 0.15) is 41.6 Å². The van der Waals surface area contributed by atoms with Gasteiger partial charge in [-0.25, -0.2) is 22.7 Å². The molecule has 20 heavy (non-hydrogen) atoms. The lowest BCUT2D eigenvalue weighted by Gasteiger charge is -2.13. The van der Waals surface area contributed by atoms with E-state index in [1.807, 2.05) is 0 Å². The molecule has 1 aromatic rings. The summed E-state index contributed by atoms with van der Waals surface area (Å²) in [6.45, 7) is 1.29. The fraction of sp³-hybridized carbons (Fsp3) is 0.462. The third kappa shape index (κ3) is 3.16. The number of carbonyl (C=O) groups excluding carboxylic acids is 1. The van der Waals surface area contributed by atoms with Gasteiger partial charge in [-0.05, 0) is 44.7 Å². The molecule has 1 fully saturated rings. The first kappa shape index (κ1) is 14.9. The highest BCUT2D eigenvalue weighted by atomic mass is 32.2. The Kier molecular flexibility index (Phi) is 4.10. The van der Waals surface area contributed by atoms with Gasteiger partial charge in [0.25, 0.3) is 0 Å². The Labute approximate surface area is 117 Å². The van der Waals surface area contributed by atoms with Crippen molar-refractivity contribution in [1.29, 1.82) is 0 Å². The van der Waals surface area contributed by atoms with Gasteiger partial charge in [0.1, 0.15) is 11.9 Å². The van der Waals surface area contributed by atoms with Crippen LogP contribution >= 0.6 is 0 Å². The van der Waals surface area contributed by atoms with Crippen LogP contribution in [0.3, 0.4) is 0 Å². The van der Waals surface area contributed by atoms with Crippen molar-refractivity contribution < 1.29 is 22.3 Å². The Hall–Kier alpha value is -1.47. The summed E-state index contributed by atoms with van der Waals surface area (Å²) in [4.78, 5) is 11.5. The number of hydrogen-bond acceptors (Lipinski definition) is 4. The summed E-state index contributed by atoms with van der Waals surface area (Å²) in [6, 6.07) is 2.03. The Balaban J connectivity index is 2.32. The molecule has 1 aliphatic rings. The number of rotatable bonds is 3. The molecule has 0 saturated heterocycles. The van der Waals surface area contributed by atoms with Gasteiger partial charge in [0, 0.05) is 5.56 Å². The van der Waals surface area contributed by atoms with E-state index in [-0.39, 0.29) is 17.2 Å². The highest BCUT2D eigenvalue weighted by Gasteiger charge is 2.23. The Morgan fingerprint density at radius 2 is 1.95 bits per heavy atom. The Morgan fingerprint density at radius 3 is 2.50 bits per heavy atom. The van der Waals surface area contributed by atoms with E-state index in [4.69, 9.17) is 9.88 Å². The van der Waals surface area contributed by atoms with Crippen molar-refractivity contribution in [2.45, 2.75) is 43.6 Å². The first-order valence-corrected chi connectivity index (χ1v) is 7.87. The number of sulfonamides is 1. The van der Waals surface area contributed by atoms with Crippen LogP contribution < -0.4 is 5.14 Å². The van der Waals surface area contributed by atoms with E-state index in [0.29, 0.717) is 0 Å². The van der Waals surface area contributed by atoms with Gasteiger partial charge in [0.2, 0.25) is 10.0 Å². The van der Waals surface area contributed by atoms with Crippen LogP contribution in [0.4, 0.5) is 4.39 Å². The van der Waals surface area contributed by atoms with E-state index in [2.05, 4.69) is 0 Å². The van der Waals surface area contributed by atoms with Crippen LogP contribution in [0.15, 0.2) is 17.0 Å². The molecule has 5 nitrogen and oxygen atoms in total. The van der Waals surface area contributed by atoms with E-state index in [9.17, 15) is 17.6 Å². The van der Waals surface area contributed by atoms with Crippen LogP contribution in [0.5, 0.6) is 0 Å². The predicted molar refractivity (Wildman–Crippen MR) is 70.2 cm³/mol. The van der Waals surface area contributed by atoms with Crippen molar-refractivity contribution >= 4 is 16.0 Å². The zero-order valence-corrected chi connectivity index (χ0v) is 11.9. The maximum atomic E-state index is 13.7. The summed E-state index contributed by atoms with van der Waals surface area (Å²) in [5.41, 5.74) is -0.242. The average Bonchev–Trinajstić information content (AvgIpc) is 2.83. The smallest absolute Gasteiger partial charge is 0.338 e. The largest absolute Gasteiger partial charge is 0.459 e. The van der Waals surface area contributed by atoms with Crippen LogP contribution in [0.25, 0.3) is 0 Å². The number of ether oxygens (including phenoxy) is 1. The quantitative estimate of drug-likeness (QED) is 0.864.